The number of carbonyl (C=O) groups is 1. The third-order valence-corrected chi connectivity index (χ3v) is 8.44. The van der Waals surface area contributed by atoms with Gasteiger partial charge in [0, 0.05) is 68.5 Å². The molecule has 0 aliphatic carbocycles. The summed E-state index contributed by atoms with van der Waals surface area (Å²) in [6.45, 7) is 3.54. The molecular weight excluding hydrogens is 587 g/mol. The minimum atomic E-state index is -0.691. The van der Waals surface area contributed by atoms with E-state index in [1.54, 1.807) is 18.2 Å². The monoisotopic (exact) mass is 620 g/mol. The predicted molar refractivity (Wildman–Crippen MR) is 169 cm³/mol. The van der Waals surface area contributed by atoms with Crippen LogP contribution < -0.4 is 26.6 Å². The number of halogens is 2. The van der Waals surface area contributed by atoms with Crippen molar-refractivity contribution in [2.75, 3.05) is 25.6 Å². The van der Waals surface area contributed by atoms with Crippen molar-refractivity contribution in [3.05, 3.63) is 103 Å². The second-order valence-corrected chi connectivity index (χ2v) is 11.2. The fourth-order valence-electron chi connectivity index (χ4n) is 5.45. The van der Waals surface area contributed by atoms with Gasteiger partial charge in [-0.05, 0) is 54.7 Å². The molecule has 11 heteroatoms. The summed E-state index contributed by atoms with van der Waals surface area (Å²) < 4.78 is 28.6. The summed E-state index contributed by atoms with van der Waals surface area (Å²) in [5.74, 6) is -0.618. The summed E-state index contributed by atoms with van der Waals surface area (Å²) >= 11 is 6.97. The molecular formula is C33H34ClFN4O5. The SMILES string of the molecule is COc1cc(-c2cccc(-c3cccc(NC(=O)c4cn(C)c(=O)n(C)c4=O)c3C)c2Cl)cc(F)c1CNC1CCOCC1. The highest BCUT2D eigenvalue weighted by atomic mass is 35.5. The van der Waals surface area contributed by atoms with Gasteiger partial charge in [-0.25, -0.2) is 9.18 Å². The zero-order valence-corrected chi connectivity index (χ0v) is 25.8. The molecule has 230 valence electrons. The Morgan fingerprint density at radius 2 is 1.75 bits per heavy atom. The van der Waals surface area contributed by atoms with Crippen LogP contribution in [0.5, 0.6) is 5.75 Å². The van der Waals surface area contributed by atoms with Gasteiger partial charge >= 0.3 is 5.69 Å². The molecule has 1 amide bonds. The molecule has 1 aliphatic heterocycles. The minimum absolute atomic E-state index is 0.165. The first kappa shape index (κ1) is 31.2. The fourth-order valence-corrected chi connectivity index (χ4v) is 5.78. The minimum Gasteiger partial charge on any atom is -0.496 e. The van der Waals surface area contributed by atoms with Gasteiger partial charge in [-0.2, -0.15) is 0 Å². The lowest BCUT2D eigenvalue weighted by Gasteiger charge is -2.24. The Kier molecular flexibility index (Phi) is 9.33. The predicted octanol–water partition coefficient (Wildman–Crippen LogP) is 5.05. The van der Waals surface area contributed by atoms with E-state index < -0.39 is 23.0 Å². The molecule has 4 aromatic rings. The molecule has 0 unspecified atom stereocenters. The third-order valence-electron chi connectivity index (χ3n) is 8.04. The topological polar surface area (TPSA) is 104 Å². The molecule has 1 fully saturated rings. The number of ether oxygens (including phenoxy) is 2. The van der Waals surface area contributed by atoms with Crippen LogP contribution in [-0.2, 0) is 25.4 Å². The summed E-state index contributed by atoms with van der Waals surface area (Å²) in [6.07, 6.45) is 2.97. The van der Waals surface area contributed by atoms with Crippen LogP contribution in [0.3, 0.4) is 0 Å². The van der Waals surface area contributed by atoms with E-state index in [4.69, 9.17) is 21.1 Å². The fraction of sp³-hybridized carbons (Fsp3) is 0.303. The first-order valence-electron chi connectivity index (χ1n) is 14.2. The van der Waals surface area contributed by atoms with Crippen molar-refractivity contribution >= 4 is 23.2 Å². The van der Waals surface area contributed by atoms with Crippen molar-refractivity contribution in [1.29, 1.82) is 0 Å². The number of methoxy groups -OCH3 is 1. The van der Waals surface area contributed by atoms with Gasteiger partial charge in [0.1, 0.15) is 17.1 Å². The van der Waals surface area contributed by atoms with Gasteiger partial charge in [-0.3, -0.25) is 14.2 Å². The molecule has 0 radical (unpaired) electrons. The average Bonchev–Trinajstić information content (AvgIpc) is 3.02. The van der Waals surface area contributed by atoms with E-state index in [1.807, 2.05) is 31.2 Å². The molecule has 0 atom stereocenters. The molecule has 44 heavy (non-hydrogen) atoms. The molecule has 0 bridgehead atoms. The maximum Gasteiger partial charge on any atom is 0.330 e. The Balaban J connectivity index is 1.45. The first-order chi connectivity index (χ1) is 21.1. The number of nitrogens with zero attached hydrogens (tertiary/aromatic N) is 2. The van der Waals surface area contributed by atoms with E-state index in [2.05, 4.69) is 10.6 Å². The standard InChI is InChI=1S/C33H34ClFN4O5/c1-19-22(7-6-10-28(19)37-31(40)26-18-38(2)33(42)39(3)32(26)41)24-9-5-8-23(30(24)34)20-15-27(35)25(29(16-20)43-4)17-36-21-11-13-44-14-12-21/h5-10,15-16,18,21,36H,11-14,17H2,1-4H3,(H,37,40). The van der Waals surface area contributed by atoms with Crippen molar-refractivity contribution in [3.8, 4) is 28.0 Å². The highest BCUT2D eigenvalue weighted by Gasteiger charge is 2.21. The zero-order valence-electron chi connectivity index (χ0n) is 25.0. The summed E-state index contributed by atoms with van der Waals surface area (Å²) in [4.78, 5) is 37.7. The Morgan fingerprint density at radius 3 is 2.48 bits per heavy atom. The van der Waals surface area contributed by atoms with E-state index in [0.717, 1.165) is 23.0 Å². The van der Waals surface area contributed by atoms with Gasteiger partial charge in [0.25, 0.3) is 11.5 Å². The highest BCUT2D eigenvalue weighted by Crippen LogP contribution is 2.40. The number of aromatic nitrogens is 2. The van der Waals surface area contributed by atoms with Crippen molar-refractivity contribution in [3.63, 3.8) is 0 Å². The number of carbonyl (C=O) groups excluding carboxylic acids is 1. The number of nitrogens with one attached hydrogen (secondary N) is 2. The van der Waals surface area contributed by atoms with Gasteiger partial charge in [-0.15, -0.1) is 0 Å². The van der Waals surface area contributed by atoms with Crippen LogP contribution in [-0.4, -0.2) is 41.4 Å². The van der Waals surface area contributed by atoms with Crippen LogP contribution in [0.1, 0.15) is 34.3 Å². The lowest BCUT2D eigenvalue weighted by molar-refractivity contribution is 0.0775. The molecule has 1 saturated heterocycles. The normalized spacial score (nSPS) is 13.6. The number of hydrogen-bond donors (Lipinski definition) is 2. The molecule has 1 aliphatic rings. The number of aryl methyl sites for hydroxylation is 1. The van der Waals surface area contributed by atoms with Gasteiger partial charge in [-0.1, -0.05) is 41.9 Å². The molecule has 2 N–H and O–H groups in total. The highest BCUT2D eigenvalue weighted by molar-refractivity contribution is 6.36. The smallest absolute Gasteiger partial charge is 0.330 e. The number of amides is 1. The van der Waals surface area contributed by atoms with E-state index in [-0.39, 0.29) is 11.6 Å². The molecule has 0 spiro atoms. The van der Waals surface area contributed by atoms with Crippen LogP contribution in [0, 0.1) is 12.7 Å². The van der Waals surface area contributed by atoms with Gasteiger partial charge in [0.05, 0.1) is 12.1 Å². The molecule has 2 heterocycles. The average molecular weight is 621 g/mol. The number of benzene rings is 3. The van der Waals surface area contributed by atoms with Crippen molar-refractivity contribution in [2.45, 2.75) is 32.4 Å². The maximum atomic E-state index is 15.5. The lowest BCUT2D eigenvalue weighted by atomic mass is 9.94. The molecule has 3 aromatic carbocycles. The summed E-state index contributed by atoms with van der Waals surface area (Å²) in [5, 5.41) is 6.61. The first-order valence-corrected chi connectivity index (χ1v) is 14.6. The zero-order chi connectivity index (χ0) is 31.5. The van der Waals surface area contributed by atoms with Crippen LogP contribution in [0.2, 0.25) is 5.02 Å². The van der Waals surface area contributed by atoms with Gasteiger partial charge in [0.15, 0.2) is 0 Å². The van der Waals surface area contributed by atoms with Crippen molar-refractivity contribution in [2.24, 2.45) is 14.1 Å². The second kappa shape index (κ2) is 13.2. The van der Waals surface area contributed by atoms with Gasteiger partial charge in [0.2, 0.25) is 0 Å². The van der Waals surface area contributed by atoms with Crippen LogP contribution >= 0.6 is 11.6 Å². The van der Waals surface area contributed by atoms with Crippen LogP contribution in [0.25, 0.3) is 22.3 Å². The van der Waals surface area contributed by atoms with E-state index in [0.29, 0.717) is 64.0 Å². The summed E-state index contributed by atoms with van der Waals surface area (Å²) in [7, 11) is 4.31. The largest absolute Gasteiger partial charge is 0.496 e. The molecule has 0 saturated carbocycles. The maximum absolute atomic E-state index is 15.5. The Bertz CT molecular complexity index is 1850. The van der Waals surface area contributed by atoms with Crippen LogP contribution in [0.4, 0.5) is 10.1 Å². The third kappa shape index (κ3) is 6.19. The Morgan fingerprint density at radius 1 is 1.07 bits per heavy atom. The van der Waals surface area contributed by atoms with Crippen molar-refractivity contribution in [1.82, 2.24) is 14.5 Å². The van der Waals surface area contributed by atoms with Crippen molar-refractivity contribution < 1.29 is 18.7 Å². The lowest BCUT2D eigenvalue weighted by Crippen LogP contribution is -2.40. The molecule has 5 rings (SSSR count). The summed E-state index contributed by atoms with van der Waals surface area (Å²) in [6, 6.07) is 14.4. The van der Waals surface area contributed by atoms with Gasteiger partial charge < -0.3 is 24.7 Å². The number of rotatable bonds is 8. The molecule has 1 aromatic heterocycles. The van der Waals surface area contributed by atoms with E-state index in [1.165, 1.54) is 38.0 Å². The van der Waals surface area contributed by atoms with E-state index in [9.17, 15) is 14.4 Å². The summed E-state index contributed by atoms with van der Waals surface area (Å²) in [5.41, 5.74) is 2.85. The Hall–Kier alpha value is -4.25. The second-order valence-electron chi connectivity index (χ2n) is 10.8. The van der Waals surface area contributed by atoms with Crippen LogP contribution in [0.15, 0.2) is 64.3 Å². The van der Waals surface area contributed by atoms with E-state index >= 15 is 4.39 Å². The molecule has 9 nitrogen and oxygen atoms in total. The number of hydrogen-bond acceptors (Lipinski definition) is 6. The number of anilines is 1. The Labute approximate surface area is 259 Å². The quantitative estimate of drug-likeness (QED) is 0.286.